The maximum absolute atomic E-state index is 5.96. The Balaban J connectivity index is 2.27. The van der Waals surface area contributed by atoms with Gasteiger partial charge in [0.25, 0.3) is 0 Å². The van der Waals surface area contributed by atoms with Crippen LogP contribution in [0.3, 0.4) is 0 Å². The van der Waals surface area contributed by atoms with Crippen LogP contribution in [0.15, 0.2) is 46.9 Å². The van der Waals surface area contributed by atoms with Gasteiger partial charge in [-0.25, -0.2) is 0 Å². The van der Waals surface area contributed by atoms with Crippen LogP contribution < -0.4 is 10.5 Å². The number of rotatable bonds is 4. The van der Waals surface area contributed by atoms with E-state index in [0.717, 1.165) is 28.0 Å². The van der Waals surface area contributed by atoms with Gasteiger partial charge in [0.15, 0.2) is 0 Å². The minimum atomic E-state index is 0.111. The van der Waals surface area contributed by atoms with Crippen molar-refractivity contribution in [3.8, 4) is 11.5 Å². The second-order valence-electron chi connectivity index (χ2n) is 4.49. The zero-order valence-electron chi connectivity index (χ0n) is 10.6. The normalized spacial score (nSPS) is 12.2. The van der Waals surface area contributed by atoms with Crippen LogP contribution >= 0.6 is 38.5 Å². The highest BCUT2D eigenvalue weighted by Gasteiger charge is 2.08. The molecule has 0 saturated carbocycles. The van der Waals surface area contributed by atoms with Crippen LogP contribution in [-0.2, 0) is 6.42 Å². The minimum Gasteiger partial charge on any atom is -0.457 e. The van der Waals surface area contributed by atoms with E-state index in [9.17, 15) is 0 Å². The van der Waals surface area contributed by atoms with Gasteiger partial charge >= 0.3 is 0 Å². The molecule has 4 heteroatoms. The van der Waals surface area contributed by atoms with E-state index in [1.165, 1.54) is 3.57 Å². The van der Waals surface area contributed by atoms with Gasteiger partial charge in [-0.15, -0.1) is 0 Å². The van der Waals surface area contributed by atoms with Crippen molar-refractivity contribution in [3.63, 3.8) is 0 Å². The van der Waals surface area contributed by atoms with Crippen molar-refractivity contribution < 1.29 is 4.74 Å². The third-order valence-electron chi connectivity index (χ3n) is 2.61. The van der Waals surface area contributed by atoms with Crippen LogP contribution in [0.1, 0.15) is 12.5 Å². The predicted octanol–water partition coefficient (Wildman–Crippen LogP) is 4.74. The summed E-state index contributed by atoms with van der Waals surface area (Å²) < 4.78 is 8.15. The summed E-state index contributed by atoms with van der Waals surface area (Å²) >= 11 is 5.75. The first-order valence-corrected chi connectivity index (χ1v) is 7.89. The molecule has 100 valence electrons. The molecule has 0 fully saturated rings. The molecule has 2 nitrogen and oxygen atoms in total. The van der Waals surface area contributed by atoms with Gasteiger partial charge in [-0.3, -0.25) is 0 Å². The van der Waals surface area contributed by atoms with Crippen LogP contribution in [0.25, 0.3) is 0 Å². The predicted molar refractivity (Wildman–Crippen MR) is 90.7 cm³/mol. The van der Waals surface area contributed by atoms with E-state index < -0.39 is 0 Å². The largest absolute Gasteiger partial charge is 0.457 e. The van der Waals surface area contributed by atoms with Crippen molar-refractivity contribution in [1.82, 2.24) is 0 Å². The number of ether oxygens (including phenoxy) is 1. The summed E-state index contributed by atoms with van der Waals surface area (Å²) in [6.07, 6.45) is 0.799. The van der Waals surface area contributed by atoms with Crippen molar-refractivity contribution in [3.05, 3.63) is 56.1 Å². The minimum absolute atomic E-state index is 0.111. The Labute approximate surface area is 135 Å². The Morgan fingerprint density at radius 3 is 2.53 bits per heavy atom. The highest BCUT2D eigenvalue weighted by molar-refractivity contribution is 14.1. The lowest BCUT2D eigenvalue weighted by atomic mass is 10.1. The topological polar surface area (TPSA) is 35.2 Å². The number of halogens is 2. The van der Waals surface area contributed by atoms with Gasteiger partial charge in [-0.2, -0.15) is 0 Å². The molecule has 2 rings (SSSR count). The summed E-state index contributed by atoms with van der Waals surface area (Å²) in [6.45, 7) is 2.00. The molecule has 1 unspecified atom stereocenters. The van der Waals surface area contributed by atoms with Gasteiger partial charge in [0.05, 0.1) is 0 Å². The van der Waals surface area contributed by atoms with Crippen molar-refractivity contribution in [2.75, 3.05) is 0 Å². The lowest BCUT2D eigenvalue weighted by Crippen LogP contribution is -2.18. The molecule has 2 aromatic carbocycles. The lowest BCUT2D eigenvalue weighted by molar-refractivity contribution is 0.473. The third kappa shape index (κ3) is 4.47. The van der Waals surface area contributed by atoms with Crippen molar-refractivity contribution in [2.45, 2.75) is 19.4 Å². The molecule has 0 aliphatic heterocycles. The first-order valence-electron chi connectivity index (χ1n) is 6.02. The summed E-state index contributed by atoms with van der Waals surface area (Å²) in [5.41, 5.74) is 7.00. The van der Waals surface area contributed by atoms with Crippen LogP contribution in [0.5, 0.6) is 11.5 Å². The first kappa shape index (κ1) is 14.8. The SMILES string of the molecule is CC(N)Cc1ccc(Br)cc1Oc1ccc(I)cc1. The maximum atomic E-state index is 5.96. The van der Waals surface area contributed by atoms with Crippen LogP contribution in [0, 0.1) is 3.57 Å². The molecule has 0 saturated heterocycles. The summed E-state index contributed by atoms with van der Waals surface area (Å²) in [7, 11) is 0. The average molecular weight is 432 g/mol. The Hall–Kier alpha value is -0.590. The molecule has 19 heavy (non-hydrogen) atoms. The van der Waals surface area contributed by atoms with Gasteiger partial charge in [0, 0.05) is 14.1 Å². The van der Waals surface area contributed by atoms with E-state index in [-0.39, 0.29) is 6.04 Å². The van der Waals surface area contributed by atoms with Crippen LogP contribution in [-0.4, -0.2) is 6.04 Å². The molecule has 0 aliphatic carbocycles. The fraction of sp³-hybridized carbons (Fsp3) is 0.200. The Bertz CT molecular complexity index is 555. The standard InChI is InChI=1S/C15H15BrINO/c1-10(18)8-11-2-3-12(16)9-15(11)19-14-6-4-13(17)5-7-14/h2-7,9-10H,8,18H2,1H3. The van der Waals surface area contributed by atoms with E-state index in [0.29, 0.717) is 0 Å². The van der Waals surface area contributed by atoms with Gasteiger partial charge in [-0.05, 0) is 77.9 Å². The molecule has 0 aromatic heterocycles. The van der Waals surface area contributed by atoms with Gasteiger partial charge in [0.1, 0.15) is 11.5 Å². The van der Waals surface area contributed by atoms with E-state index in [2.05, 4.69) is 44.6 Å². The molecule has 2 aromatic rings. The number of benzene rings is 2. The monoisotopic (exact) mass is 431 g/mol. The zero-order valence-corrected chi connectivity index (χ0v) is 14.3. The summed E-state index contributed by atoms with van der Waals surface area (Å²) in [4.78, 5) is 0. The Morgan fingerprint density at radius 2 is 1.89 bits per heavy atom. The van der Waals surface area contributed by atoms with Crippen LogP contribution in [0.4, 0.5) is 0 Å². The Kier molecular flexibility index (Phi) is 5.24. The maximum Gasteiger partial charge on any atom is 0.131 e. The molecule has 1 atom stereocenters. The number of nitrogens with two attached hydrogens (primary N) is 1. The quantitative estimate of drug-likeness (QED) is 0.710. The molecule has 0 bridgehead atoms. The molecule has 0 spiro atoms. The fourth-order valence-electron chi connectivity index (χ4n) is 1.77. The second-order valence-corrected chi connectivity index (χ2v) is 6.65. The van der Waals surface area contributed by atoms with Crippen molar-refractivity contribution in [2.24, 2.45) is 5.73 Å². The molecular formula is C15H15BrINO. The van der Waals surface area contributed by atoms with E-state index in [1.807, 2.05) is 43.3 Å². The zero-order chi connectivity index (χ0) is 13.8. The van der Waals surface area contributed by atoms with Crippen molar-refractivity contribution >= 4 is 38.5 Å². The van der Waals surface area contributed by atoms with E-state index >= 15 is 0 Å². The smallest absolute Gasteiger partial charge is 0.131 e. The van der Waals surface area contributed by atoms with Crippen LogP contribution in [0.2, 0.25) is 0 Å². The summed E-state index contributed by atoms with van der Waals surface area (Å²) in [5, 5.41) is 0. The number of hydrogen-bond acceptors (Lipinski definition) is 2. The number of hydrogen-bond donors (Lipinski definition) is 1. The molecule has 2 N–H and O–H groups in total. The molecular weight excluding hydrogens is 417 g/mol. The first-order chi connectivity index (χ1) is 9.04. The van der Waals surface area contributed by atoms with E-state index in [1.54, 1.807) is 0 Å². The third-order valence-corrected chi connectivity index (χ3v) is 3.82. The summed E-state index contributed by atoms with van der Waals surface area (Å²) in [6, 6.07) is 14.2. The highest BCUT2D eigenvalue weighted by Crippen LogP contribution is 2.29. The summed E-state index contributed by atoms with van der Waals surface area (Å²) in [5.74, 6) is 1.69. The molecule has 0 amide bonds. The van der Waals surface area contributed by atoms with Gasteiger partial charge in [0.2, 0.25) is 0 Å². The second kappa shape index (κ2) is 6.72. The highest BCUT2D eigenvalue weighted by atomic mass is 127. The molecule has 0 aliphatic rings. The molecule has 0 heterocycles. The molecule has 0 radical (unpaired) electrons. The van der Waals surface area contributed by atoms with E-state index in [4.69, 9.17) is 10.5 Å². The van der Waals surface area contributed by atoms with Crippen molar-refractivity contribution in [1.29, 1.82) is 0 Å². The van der Waals surface area contributed by atoms with Gasteiger partial charge in [-0.1, -0.05) is 22.0 Å². The van der Waals surface area contributed by atoms with Gasteiger partial charge < -0.3 is 10.5 Å². The fourth-order valence-corrected chi connectivity index (χ4v) is 2.47. The Morgan fingerprint density at radius 1 is 1.21 bits per heavy atom. The average Bonchev–Trinajstić information content (AvgIpc) is 2.35. The lowest BCUT2D eigenvalue weighted by Gasteiger charge is -2.13.